The highest BCUT2D eigenvalue weighted by Gasteiger charge is 2.23. The molecule has 7 heteroatoms. The maximum absolute atomic E-state index is 13.7. The van der Waals surface area contributed by atoms with E-state index >= 15 is 0 Å². The van der Waals surface area contributed by atoms with Gasteiger partial charge in [-0.3, -0.25) is 4.79 Å². The van der Waals surface area contributed by atoms with Crippen LogP contribution in [0.5, 0.6) is 0 Å². The Morgan fingerprint density at radius 3 is 2.61 bits per heavy atom. The van der Waals surface area contributed by atoms with E-state index in [-0.39, 0.29) is 23.4 Å². The zero-order chi connectivity index (χ0) is 19.7. The molecule has 1 amide bonds. The van der Waals surface area contributed by atoms with Crippen molar-refractivity contribution in [2.45, 2.75) is 38.8 Å². The van der Waals surface area contributed by atoms with Crippen molar-refractivity contribution in [2.24, 2.45) is 0 Å². The monoisotopic (exact) mass is 398 g/mol. The van der Waals surface area contributed by atoms with Gasteiger partial charge in [-0.1, -0.05) is 35.9 Å². The molecular formula is C21H20ClFN4O. The standard InChI is InChI=1S/C21H20ClFN4O/c1-2-27-19(25-21(26-27)15-7-8-17(22)18(23)11-15)12-20(28)24-16-9-13-5-3-4-6-14(13)10-16/h3-8,11,16H,2,9-10,12H2,1H3,(H,24,28). The number of halogens is 2. The lowest BCUT2D eigenvalue weighted by atomic mass is 10.1. The van der Waals surface area contributed by atoms with Gasteiger partial charge in [-0.05, 0) is 49.1 Å². The number of carbonyl (C=O) groups is 1. The lowest BCUT2D eigenvalue weighted by Gasteiger charge is -2.11. The van der Waals surface area contributed by atoms with Crippen LogP contribution in [-0.4, -0.2) is 26.7 Å². The van der Waals surface area contributed by atoms with E-state index in [1.807, 2.05) is 19.1 Å². The van der Waals surface area contributed by atoms with Crippen LogP contribution in [0.3, 0.4) is 0 Å². The Bertz CT molecular complexity index is 1010. The van der Waals surface area contributed by atoms with E-state index in [0.29, 0.717) is 23.8 Å². The van der Waals surface area contributed by atoms with Gasteiger partial charge in [0.15, 0.2) is 5.82 Å². The Morgan fingerprint density at radius 1 is 1.25 bits per heavy atom. The summed E-state index contributed by atoms with van der Waals surface area (Å²) in [4.78, 5) is 17.0. The van der Waals surface area contributed by atoms with Crippen LogP contribution >= 0.6 is 11.6 Å². The molecule has 28 heavy (non-hydrogen) atoms. The maximum atomic E-state index is 13.7. The van der Waals surface area contributed by atoms with E-state index in [1.165, 1.54) is 23.3 Å². The fourth-order valence-corrected chi connectivity index (χ4v) is 3.72. The highest BCUT2D eigenvalue weighted by Crippen LogP contribution is 2.23. The van der Waals surface area contributed by atoms with E-state index in [9.17, 15) is 9.18 Å². The van der Waals surface area contributed by atoms with Crippen LogP contribution in [0, 0.1) is 5.82 Å². The lowest BCUT2D eigenvalue weighted by Crippen LogP contribution is -2.36. The Hall–Kier alpha value is -2.73. The molecule has 1 heterocycles. The third kappa shape index (κ3) is 3.78. The van der Waals surface area contributed by atoms with Crippen LogP contribution in [0.2, 0.25) is 5.02 Å². The normalized spacial score (nSPS) is 13.5. The molecule has 4 rings (SSSR count). The first-order chi connectivity index (χ1) is 13.5. The van der Waals surface area contributed by atoms with Crippen LogP contribution in [0.4, 0.5) is 4.39 Å². The van der Waals surface area contributed by atoms with Crippen molar-refractivity contribution in [3.8, 4) is 11.4 Å². The van der Waals surface area contributed by atoms with Gasteiger partial charge in [-0.2, -0.15) is 5.10 Å². The number of hydrogen-bond donors (Lipinski definition) is 1. The molecule has 0 saturated heterocycles. The van der Waals surface area contributed by atoms with Gasteiger partial charge in [0.1, 0.15) is 11.6 Å². The van der Waals surface area contributed by atoms with Gasteiger partial charge in [0.25, 0.3) is 0 Å². The third-order valence-electron chi connectivity index (χ3n) is 4.96. The number of fused-ring (bicyclic) bond motifs is 1. The van der Waals surface area contributed by atoms with E-state index < -0.39 is 5.82 Å². The summed E-state index contributed by atoms with van der Waals surface area (Å²) in [5.41, 5.74) is 3.11. The summed E-state index contributed by atoms with van der Waals surface area (Å²) in [6.45, 7) is 2.50. The molecule has 0 aliphatic heterocycles. The average molecular weight is 399 g/mol. The lowest BCUT2D eigenvalue weighted by molar-refractivity contribution is -0.121. The second-order valence-corrected chi connectivity index (χ2v) is 7.32. The second kappa shape index (κ2) is 7.72. The number of benzene rings is 2. The van der Waals surface area contributed by atoms with E-state index in [1.54, 1.807) is 10.7 Å². The fraction of sp³-hybridized carbons (Fsp3) is 0.286. The highest BCUT2D eigenvalue weighted by atomic mass is 35.5. The van der Waals surface area contributed by atoms with Gasteiger partial charge in [0.05, 0.1) is 11.4 Å². The van der Waals surface area contributed by atoms with Crippen LogP contribution in [-0.2, 0) is 30.6 Å². The molecule has 0 fully saturated rings. The summed E-state index contributed by atoms with van der Waals surface area (Å²) in [5, 5.41) is 7.55. The molecule has 0 bridgehead atoms. The molecule has 1 aliphatic rings. The fourth-order valence-electron chi connectivity index (χ4n) is 3.60. The molecule has 0 unspecified atom stereocenters. The van der Waals surface area contributed by atoms with Crippen LogP contribution in [0.25, 0.3) is 11.4 Å². The number of hydrogen-bond acceptors (Lipinski definition) is 3. The first kappa shape index (κ1) is 18.6. The largest absolute Gasteiger partial charge is 0.352 e. The molecule has 3 aromatic rings. The van der Waals surface area contributed by atoms with Crippen molar-refractivity contribution in [3.63, 3.8) is 0 Å². The van der Waals surface area contributed by atoms with Crippen molar-refractivity contribution < 1.29 is 9.18 Å². The Kier molecular flexibility index (Phi) is 5.13. The van der Waals surface area contributed by atoms with Crippen LogP contribution in [0.1, 0.15) is 23.9 Å². The number of aromatic nitrogens is 3. The quantitative estimate of drug-likeness (QED) is 0.714. The van der Waals surface area contributed by atoms with Gasteiger partial charge in [0, 0.05) is 18.2 Å². The van der Waals surface area contributed by atoms with Crippen LogP contribution < -0.4 is 5.32 Å². The van der Waals surface area contributed by atoms with Gasteiger partial charge in [-0.15, -0.1) is 0 Å². The minimum atomic E-state index is -0.521. The molecule has 0 atom stereocenters. The van der Waals surface area contributed by atoms with Crippen molar-refractivity contribution in [1.82, 2.24) is 20.1 Å². The van der Waals surface area contributed by atoms with E-state index in [2.05, 4.69) is 27.5 Å². The highest BCUT2D eigenvalue weighted by molar-refractivity contribution is 6.30. The Morgan fingerprint density at radius 2 is 1.96 bits per heavy atom. The first-order valence-corrected chi connectivity index (χ1v) is 9.66. The second-order valence-electron chi connectivity index (χ2n) is 6.91. The Balaban J connectivity index is 1.46. The van der Waals surface area contributed by atoms with Gasteiger partial charge in [-0.25, -0.2) is 14.1 Å². The molecule has 0 saturated carbocycles. The number of aryl methyl sites for hydroxylation is 1. The zero-order valence-electron chi connectivity index (χ0n) is 15.5. The van der Waals surface area contributed by atoms with Gasteiger partial charge in [0.2, 0.25) is 5.91 Å². The number of rotatable bonds is 5. The molecule has 1 N–H and O–H groups in total. The predicted molar refractivity (Wildman–Crippen MR) is 106 cm³/mol. The summed E-state index contributed by atoms with van der Waals surface area (Å²) in [5.74, 6) is 0.329. The first-order valence-electron chi connectivity index (χ1n) is 9.28. The number of nitrogens with one attached hydrogen (secondary N) is 1. The smallest absolute Gasteiger partial charge is 0.227 e. The van der Waals surface area contributed by atoms with Gasteiger partial charge < -0.3 is 5.32 Å². The molecule has 0 radical (unpaired) electrons. The topological polar surface area (TPSA) is 59.8 Å². The molecular weight excluding hydrogens is 379 g/mol. The van der Waals surface area contributed by atoms with Crippen molar-refractivity contribution in [3.05, 3.63) is 70.3 Å². The molecule has 144 valence electrons. The van der Waals surface area contributed by atoms with Crippen LogP contribution in [0.15, 0.2) is 42.5 Å². The molecule has 1 aliphatic carbocycles. The number of amides is 1. The van der Waals surface area contributed by atoms with Crippen molar-refractivity contribution >= 4 is 17.5 Å². The third-order valence-corrected chi connectivity index (χ3v) is 5.27. The number of carbonyl (C=O) groups excluding carboxylic acids is 1. The van der Waals surface area contributed by atoms with E-state index in [0.717, 1.165) is 12.8 Å². The Labute approximate surface area is 167 Å². The molecule has 2 aromatic carbocycles. The molecule has 0 spiro atoms. The predicted octanol–water partition coefficient (Wildman–Crippen LogP) is 3.58. The molecule has 5 nitrogen and oxygen atoms in total. The zero-order valence-corrected chi connectivity index (χ0v) is 16.2. The SMILES string of the molecule is CCn1nc(-c2ccc(Cl)c(F)c2)nc1CC(=O)NC1Cc2ccccc2C1. The molecule has 1 aromatic heterocycles. The summed E-state index contributed by atoms with van der Waals surface area (Å²) < 4.78 is 15.4. The summed E-state index contributed by atoms with van der Waals surface area (Å²) in [6, 6.07) is 12.8. The summed E-state index contributed by atoms with van der Waals surface area (Å²) in [7, 11) is 0. The van der Waals surface area contributed by atoms with Crippen molar-refractivity contribution in [2.75, 3.05) is 0 Å². The summed E-state index contributed by atoms with van der Waals surface area (Å²) >= 11 is 5.74. The average Bonchev–Trinajstić information content (AvgIpc) is 3.27. The maximum Gasteiger partial charge on any atom is 0.227 e. The minimum Gasteiger partial charge on any atom is -0.352 e. The minimum absolute atomic E-state index is 0.0517. The van der Waals surface area contributed by atoms with Gasteiger partial charge >= 0.3 is 0 Å². The summed E-state index contributed by atoms with van der Waals surface area (Å²) in [6.07, 6.45) is 1.82. The number of nitrogens with zero attached hydrogens (tertiary/aromatic N) is 3. The van der Waals surface area contributed by atoms with Crippen molar-refractivity contribution in [1.29, 1.82) is 0 Å². The van der Waals surface area contributed by atoms with E-state index in [4.69, 9.17) is 11.6 Å².